The summed E-state index contributed by atoms with van der Waals surface area (Å²) in [5, 5.41) is 3.57. The van der Waals surface area contributed by atoms with Crippen molar-refractivity contribution in [3.8, 4) is 0 Å². The Balaban J connectivity index is 1.94. The van der Waals surface area contributed by atoms with Crippen molar-refractivity contribution in [1.29, 1.82) is 0 Å². The average Bonchev–Trinajstić information content (AvgIpc) is 2.95. The Kier molecular flexibility index (Phi) is 4.32. The highest BCUT2D eigenvalue weighted by Crippen LogP contribution is 2.35. The van der Waals surface area contributed by atoms with Crippen molar-refractivity contribution in [2.24, 2.45) is 0 Å². The Hall–Kier alpha value is -1.64. The lowest BCUT2D eigenvalue weighted by Gasteiger charge is -2.32. The molecular weight excluding hydrogens is 268 g/mol. The molecule has 0 radical (unpaired) electrons. The lowest BCUT2D eigenvalue weighted by Crippen LogP contribution is -2.29. The van der Waals surface area contributed by atoms with Gasteiger partial charge in [0.1, 0.15) is 0 Å². The third kappa shape index (κ3) is 2.81. The van der Waals surface area contributed by atoms with Crippen molar-refractivity contribution in [3.63, 3.8) is 0 Å². The first-order valence-electron chi connectivity index (χ1n) is 8.17. The van der Waals surface area contributed by atoms with Crippen molar-refractivity contribution in [2.75, 3.05) is 13.2 Å². The summed E-state index contributed by atoms with van der Waals surface area (Å²) in [5.74, 6) is 0. The zero-order chi connectivity index (χ0) is 15.7. The molecule has 116 valence electrons. The van der Waals surface area contributed by atoms with Crippen LogP contribution in [0.5, 0.6) is 0 Å². The Morgan fingerprint density at radius 2 is 1.68 bits per heavy atom. The van der Waals surface area contributed by atoms with E-state index in [0.29, 0.717) is 12.1 Å². The second-order valence-corrected chi connectivity index (χ2v) is 6.54. The molecule has 2 nitrogen and oxygen atoms in total. The zero-order valence-electron chi connectivity index (χ0n) is 14.1. The van der Waals surface area contributed by atoms with E-state index >= 15 is 0 Å². The van der Waals surface area contributed by atoms with E-state index in [1.165, 1.54) is 27.8 Å². The summed E-state index contributed by atoms with van der Waals surface area (Å²) in [7, 11) is 0. The molecule has 0 amide bonds. The van der Waals surface area contributed by atoms with Crippen molar-refractivity contribution >= 4 is 0 Å². The molecule has 1 aliphatic heterocycles. The molecule has 1 aliphatic rings. The van der Waals surface area contributed by atoms with Crippen LogP contribution < -0.4 is 5.32 Å². The smallest absolute Gasteiger partial charge is 0.0496 e. The van der Waals surface area contributed by atoms with Gasteiger partial charge in [0.05, 0.1) is 0 Å². The van der Waals surface area contributed by atoms with Gasteiger partial charge in [0.2, 0.25) is 0 Å². The lowest BCUT2D eigenvalue weighted by molar-refractivity contribution is 0.195. The van der Waals surface area contributed by atoms with E-state index in [0.717, 1.165) is 13.2 Å². The Morgan fingerprint density at radius 3 is 2.32 bits per heavy atom. The summed E-state index contributed by atoms with van der Waals surface area (Å²) in [6, 6.07) is 16.3. The molecule has 3 rings (SSSR count). The van der Waals surface area contributed by atoms with Gasteiger partial charge in [-0.3, -0.25) is 4.90 Å². The first-order chi connectivity index (χ1) is 10.6. The summed E-state index contributed by atoms with van der Waals surface area (Å²) in [6.45, 7) is 11.0. The van der Waals surface area contributed by atoms with E-state index in [4.69, 9.17) is 0 Å². The van der Waals surface area contributed by atoms with Crippen molar-refractivity contribution in [1.82, 2.24) is 10.2 Å². The molecule has 0 aliphatic carbocycles. The van der Waals surface area contributed by atoms with Gasteiger partial charge >= 0.3 is 0 Å². The predicted molar refractivity (Wildman–Crippen MR) is 93.0 cm³/mol. The fourth-order valence-corrected chi connectivity index (χ4v) is 3.87. The molecule has 2 heteroatoms. The third-order valence-corrected chi connectivity index (χ3v) is 4.88. The van der Waals surface area contributed by atoms with E-state index in [1.807, 2.05) is 0 Å². The maximum atomic E-state index is 3.57. The van der Waals surface area contributed by atoms with Gasteiger partial charge in [-0.2, -0.15) is 0 Å². The number of nitrogens with one attached hydrogen (secondary N) is 1. The number of hydrogen-bond donors (Lipinski definition) is 1. The van der Waals surface area contributed by atoms with E-state index < -0.39 is 0 Å². The largest absolute Gasteiger partial charge is 0.302 e. The van der Waals surface area contributed by atoms with Crippen LogP contribution in [-0.2, 0) is 0 Å². The van der Waals surface area contributed by atoms with Gasteiger partial charge in [-0.1, -0.05) is 48.0 Å². The number of nitrogens with zero attached hydrogens (tertiary/aromatic N) is 1. The molecule has 2 aromatic carbocycles. The van der Waals surface area contributed by atoms with E-state index in [9.17, 15) is 0 Å². The highest BCUT2D eigenvalue weighted by molar-refractivity contribution is 5.40. The third-order valence-electron chi connectivity index (χ3n) is 4.88. The van der Waals surface area contributed by atoms with Crippen LogP contribution in [0.25, 0.3) is 0 Å². The Labute approximate surface area is 134 Å². The fraction of sp³-hybridized carbons (Fsp3) is 0.400. The molecule has 2 aromatic rings. The Bertz CT molecular complexity index is 625. The van der Waals surface area contributed by atoms with Crippen molar-refractivity contribution < 1.29 is 0 Å². The maximum absolute atomic E-state index is 3.57. The number of rotatable bonds is 3. The van der Waals surface area contributed by atoms with Gasteiger partial charge in [-0.25, -0.2) is 0 Å². The minimum absolute atomic E-state index is 0.418. The van der Waals surface area contributed by atoms with Crippen LogP contribution in [0.3, 0.4) is 0 Å². The number of hydrogen-bond acceptors (Lipinski definition) is 2. The second-order valence-electron chi connectivity index (χ2n) is 6.54. The van der Waals surface area contributed by atoms with Gasteiger partial charge in [0, 0.05) is 25.3 Å². The molecule has 0 spiro atoms. The van der Waals surface area contributed by atoms with E-state index in [1.54, 1.807) is 0 Å². The molecule has 0 aromatic heterocycles. The van der Waals surface area contributed by atoms with Gasteiger partial charge in [-0.15, -0.1) is 0 Å². The summed E-state index contributed by atoms with van der Waals surface area (Å²) < 4.78 is 0. The van der Waals surface area contributed by atoms with Crippen LogP contribution in [-0.4, -0.2) is 18.1 Å². The average molecular weight is 294 g/mol. The van der Waals surface area contributed by atoms with Crippen molar-refractivity contribution in [2.45, 2.75) is 39.8 Å². The predicted octanol–water partition coefficient (Wildman–Crippen LogP) is 4.28. The maximum Gasteiger partial charge on any atom is 0.0496 e. The van der Waals surface area contributed by atoms with Crippen molar-refractivity contribution in [3.05, 3.63) is 70.3 Å². The first-order valence-corrected chi connectivity index (χ1v) is 8.17. The summed E-state index contributed by atoms with van der Waals surface area (Å²) in [4.78, 5) is 2.58. The second kappa shape index (κ2) is 6.23. The zero-order valence-corrected chi connectivity index (χ0v) is 14.1. The topological polar surface area (TPSA) is 15.3 Å². The molecule has 1 fully saturated rings. The highest BCUT2D eigenvalue weighted by atomic mass is 15.3. The molecule has 0 bridgehead atoms. The monoisotopic (exact) mass is 294 g/mol. The molecule has 2 atom stereocenters. The van der Waals surface area contributed by atoms with Crippen LogP contribution in [0, 0.1) is 20.8 Å². The molecule has 2 unspecified atom stereocenters. The highest BCUT2D eigenvalue weighted by Gasteiger charge is 2.31. The molecular formula is C20H26N2. The van der Waals surface area contributed by atoms with Gasteiger partial charge in [0.25, 0.3) is 0 Å². The molecule has 1 saturated heterocycles. The number of benzene rings is 2. The molecule has 1 N–H and O–H groups in total. The Morgan fingerprint density at radius 1 is 1.05 bits per heavy atom. The quantitative estimate of drug-likeness (QED) is 0.909. The number of aryl methyl sites for hydroxylation is 3. The minimum atomic E-state index is 0.418. The summed E-state index contributed by atoms with van der Waals surface area (Å²) in [5.41, 5.74) is 7.07. The SMILES string of the molecule is Cc1cc(C)c(C2CNCN2C(C)c2ccccc2)c(C)c1. The summed E-state index contributed by atoms with van der Waals surface area (Å²) in [6.07, 6.45) is 0. The standard InChI is InChI=1S/C20H26N2/c1-14-10-15(2)20(16(3)11-14)19-12-21-13-22(19)17(4)18-8-6-5-7-9-18/h5-11,17,19,21H,12-13H2,1-4H3. The fourth-order valence-electron chi connectivity index (χ4n) is 3.87. The van der Waals surface area contributed by atoms with Crippen LogP contribution in [0.15, 0.2) is 42.5 Å². The summed E-state index contributed by atoms with van der Waals surface area (Å²) >= 11 is 0. The van der Waals surface area contributed by atoms with Gasteiger partial charge in [-0.05, 0) is 49.9 Å². The normalized spacial score (nSPS) is 20.3. The lowest BCUT2D eigenvalue weighted by atomic mass is 9.92. The van der Waals surface area contributed by atoms with E-state index in [2.05, 4.69) is 80.4 Å². The molecule has 0 saturated carbocycles. The van der Waals surface area contributed by atoms with Gasteiger partial charge in [0.15, 0.2) is 0 Å². The van der Waals surface area contributed by atoms with Crippen LogP contribution in [0.2, 0.25) is 0 Å². The minimum Gasteiger partial charge on any atom is -0.302 e. The van der Waals surface area contributed by atoms with Gasteiger partial charge < -0.3 is 5.32 Å². The molecule has 22 heavy (non-hydrogen) atoms. The molecule has 1 heterocycles. The van der Waals surface area contributed by atoms with E-state index in [-0.39, 0.29) is 0 Å². The van der Waals surface area contributed by atoms with Crippen LogP contribution in [0.4, 0.5) is 0 Å². The van der Waals surface area contributed by atoms with Crippen LogP contribution in [0.1, 0.15) is 46.8 Å². The first kappa shape index (κ1) is 15.3. The van der Waals surface area contributed by atoms with Crippen LogP contribution >= 0.6 is 0 Å².